The summed E-state index contributed by atoms with van der Waals surface area (Å²) in [4.78, 5) is 0. The molecule has 0 aliphatic heterocycles. The Balaban J connectivity index is 3.98. The minimum Gasteiger partial charge on any atom is -0.788 e. The van der Waals surface area contributed by atoms with Gasteiger partial charge < -0.3 is 10.7 Å². The zero-order valence-electron chi connectivity index (χ0n) is 11.2. The van der Waals surface area contributed by atoms with Gasteiger partial charge in [-0.05, 0) is 45.4 Å². The molecule has 0 aromatic rings. The summed E-state index contributed by atoms with van der Waals surface area (Å²) in [5.74, 6) is 0.743. The molecule has 94 valence electrons. The molecule has 0 radical (unpaired) electrons. The quantitative estimate of drug-likeness (QED) is 0.496. The number of allylic oxidation sites excluding steroid dienone is 3. The van der Waals surface area contributed by atoms with E-state index in [2.05, 4.69) is 33.8 Å². The van der Waals surface area contributed by atoms with Crippen LogP contribution in [0.4, 0.5) is 0 Å². The molecule has 16 heavy (non-hydrogen) atoms. The lowest BCUT2D eigenvalue weighted by atomic mass is 9.93. The highest BCUT2D eigenvalue weighted by atomic mass is 16.5. The van der Waals surface area contributed by atoms with Crippen molar-refractivity contribution < 1.29 is 0 Å². The van der Waals surface area contributed by atoms with Crippen molar-refractivity contribution in [3.05, 3.63) is 28.5 Å². The van der Waals surface area contributed by atoms with Gasteiger partial charge in [-0.1, -0.05) is 37.1 Å². The molecule has 0 aliphatic rings. The van der Waals surface area contributed by atoms with E-state index in [1.807, 2.05) is 11.6 Å². The van der Waals surface area contributed by atoms with Gasteiger partial charge in [-0.2, -0.15) is 0 Å². The van der Waals surface area contributed by atoms with Gasteiger partial charge in [0.25, 0.3) is 0 Å². The lowest BCUT2D eigenvalue weighted by Crippen LogP contribution is -2.02. The van der Waals surface area contributed by atoms with E-state index in [9.17, 15) is 5.21 Å². The Hall–Kier alpha value is -0.600. The molecular weight excluding hydrogens is 198 g/mol. The molecule has 0 spiro atoms. The molecule has 0 fully saturated rings. The standard InChI is InChI=1S/C14H26NO/c1-5-14(6-2)13(4)9-7-8-12(3)10-11-15-16/h9-10,14-15H,5-8,11H2,1-4H3/q-1. The third-order valence-electron chi connectivity index (χ3n) is 3.17. The zero-order valence-corrected chi connectivity index (χ0v) is 11.2. The van der Waals surface area contributed by atoms with Crippen LogP contribution in [0.2, 0.25) is 0 Å². The van der Waals surface area contributed by atoms with Crippen molar-refractivity contribution in [3.63, 3.8) is 0 Å². The van der Waals surface area contributed by atoms with Gasteiger partial charge in [-0.3, -0.25) is 0 Å². The summed E-state index contributed by atoms with van der Waals surface area (Å²) in [5.41, 5.74) is 4.69. The van der Waals surface area contributed by atoms with E-state index in [-0.39, 0.29) is 0 Å². The summed E-state index contributed by atoms with van der Waals surface area (Å²) in [6, 6.07) is 0. The second-order valence-electron chi connectivity index (χ2n) is 4.40. The van der Waals surface area contributed by atoms with Gasteiger partial charge in [-0.25, -0.2) is 0 Å². The number of nitrogens with one attached hydrogen (secondary N) is 1. The van der Waals surface area contributed by atoms with Crippen LogP contribution < -0.4 is 5.48 Å². The van der Waals surface area contributed by atoms with Crippen LogP contribution in [0.1, 0.15) is 53.4 Å². The molecule has 0 saturated carbocycles. The van der Waals surface area contributed by atoms with Crippen molar-refractivity contribution in [1.82, 2.24) is 5.48 Å². The van der Waals surface area contributed by atoms with Crippen LogP contribution in [0.3, 0.4) is 0 Å². The fraction of sp³-hybridized carbons (Fsp3) is 0.714. The Bertz CT molecular complexity index is 227. The maximum absolute atomic E-state index is 10.1. The summed E-state index contributed by atoms with van der Waals surface area (Å²) in [7, 11) is 0. The average molecular weight is 224 g/mol. The molecule has 0 rings (SSSR count). The summed E-state index contributed by atoms with van der Waals surface area (Å²) in [6.45, 7) is 9.24. The highest BCUT2D eigenvalue weighted by molar-refractivity contribution is 5.06. The summed E-state index contributed by atoms with van der Waals surface area (Å²) >= 11 is 0. The summed E-state index contributed by atoms with van der Waals surface area (Å²) in [5, 5.41) is 10.1. The van der Waals surface area contributed by atoms with E-state index in [1.165, 1.54) is 24.0 Å². The highest BCUT2D eigenvalue weighted by Gasteiger charge is 2.04. The molecule has 0 aromatic heterocycles. The van der Waals surface area contributed by atoms with Crippen molar-refractivity contribution >= 4 is 0 Å². The lowest BCUT2D eigenvalue weighted by Gasteiger charge is -2.13. The summed E-state index contributed by atoms with van der Waals surface area (Å²) in [6.07, 6.45) is 8.91. The first-order valence-corrected chi connectivity index (χ1v) is 6.32. The number of hydrogen-bond donors (Lipinski definition) is 1. The van der Waals surface area contributed by atoms with Crippen LogP contribution in [0.15, 0.2) is 23.3 Å². The van der Waals surface area contributed by atoms with Crippen molar-refractivity contribution in [2.45, 2.75) is 53.4 Å². The minimum atomic E-state index is 0.432. The van der Waals surface area contributed by atoms with Crippen LogP contribution in [0, 0.1) is 11.1 Å². The number of rotatable bonds is 8. The second-order valence-corrected chi connectivity index (χ2v) is 4.40. The molecule has 2 heteroatoms. The van der Waals surface area contributed by atoms with Gasteiger partial charge in [0.15, 0.2) is 0 Å². The molecule has 0 heterocycles. The van der Waals surface area contributed by atoms with Crippen LogP contribution in [0.5, 0.6) is 0 Å². The first kappa shape index (κ1) is 15.4. The molecule has 0 bridgehead atoms. The van der Waals surface area contributed by atoms with Crippen LogP contribution in [0.25, 0.3) is 0 Å². The molecule has 1 N–H and O–H groups in total. The predicted octanol–water partition coefficient (Wildman–Crippen LogP) is 4.18. The second kappa shape index (κ2) is 9.61. The lowest BCUT2D eigenvalue weighted by molar-refractivity contribution is 0.569. The van der Waals surface area contributed by atoms with E-state index in [1.54, 1.807) is 0 Å². The van der Waals surface area contributed by atoms with Crippen molar-refractivity contribution in [1.29, 1.82) is 0 Å². The Morgan fingerprint density at radius 2 is 1.81 bits per heavy atom. The Morgan fingerprint density at radius 1 is 1.19 bits per heavy atom. The van der Waals surface area contributed by atoms with Gasteiger partial charge in [0.2, 0.25) is 0 Å². The van der Waals surface area contributed by atoms with Crippen molar-refractivity contribution in [2.24, 2.45) is 5.92 Å². The Kier molecular flexibility index (Phi) is 9.25. The van der Waals surface area contributed by atoms with Gasteiger partial charge in [0.05, 0.1) is 0 Å². The fourth-order valence-corrected chi connectivity index (χ4v) is 1.94. The molecule has 0 atom stereocenters. The average Bonchev–Trinajstić information content (AvgIpc) is 2.28. The van der Waals surface area contributed by atoms with Crippen molar-refractivity contribution in [3.8, 4) is 0 Å². The van der Waals surface area contributed by atoms with E-state index in [0.717, 1.165) is 18.8 Å². The number of hydrogen-bond acceptors (Lipinski definition) is 2. The van der Waals surface area contributed by atoms with Crippen LogP contribution >= 0.6 is 0 Å². The van der Waals surface area contributed by atoms with E-state index >= 15 is 0 Å². The summed E-state index contributed by atoms with van der Waals surface area (Å²) < 4.78 is 0. The maximum atomic E-state index is 10.1. The molecule has 0 amide bonds. The topological polar surface area (TPSA) is 35.1 Å². The third-order valence-corrected chi connectivity index (χ3v) is 3.17. The molecule has 0 unspecified atom stereocenters. The monoisotopic (exact) mass is 224 g/mol. The SMILES string of the molecule is CCC(CC)C(C)=CCCC(C)=CCN[O-]. The first-order chi connectivity index (χ1) is 7.65. The minimum absolute atomic E-state index is 0.432. The van der Waals surface area contributed by atoms with Crippen LogP contribution in [-0.2, 0) is 0 Å². The van der Waals surface area contributed by atoms with E-state index in [0.29, 0.717) is 6.54 Å². The van der Waals surface area contributed by atoms with Crippen molar-refractivity contribution in [2.75, 3.05) is 6.54 Å². The number of hydroxylamine groups is 1. The van der Waals surface area contributed by atoms with E-state index in [4.69, 9.17) is 0 Å². The van der Waals surface area contributed by atoms with Gasteiger partial charge >= 0.3 is 0 Å². The Labute approximate surface area is 100 Å². The molecular formula is C14H26NO-. The molecule has 2 nitrogen and oxygen atoms in total. The largest absolute Gasteiger partial charge is 0.788 e. The highest BCUT2D eigenvalue weighted by Crippen LogP contribution is 2.19. The van der Waals surface area contributed by atoms with Crippen LogP contribution in [-0.4, -0.2) is 6.54 Å². The first-order valence-electron chi connectivity index (χ1n) is 6.32. The normalized spacial score (nSPS) is 13.6. The Morgan fingerprint density at radius 3 is 2.31 bits per heavy atom. The fourth-order valence-electron chi connectivity index (χ4n) is 1.94. The molecule has 0 aliphatic carbocycles. The molecule has 0 saturated heterocycles. The van der Waals surface area contributed by atoms with Gasteiger partial charge in [0.1, 0.15) is 0 Å². The maximum Gasteiger partial charge on any atom is 0.00197 e. The zero-order chi connectivity index (χ0) is 12.4. The predicted molar refractivity (Wildman–Crippen MR) is 72.2 cm³/mol. The van der Waals surface area contributed by atoms with Gasteiger partial charge in [0, 0.05) is 6.54 Å². The van der Waals surface area contributed by atoms with E-state index < -0.39 is 0 Å². The smallest absolute Gasteiger partial charge is 0.00197 e. The third kappa shape index (κ3) is 6.81. The molecule has 0 aromatic carbocycles. The van der Waals surface area contributed by atoms with Gasteiger partial charge in [-0.15, -0.1) is 0 Å².